The number of nitrogens with one attached hydrogen (secondary N) is 3. The molecule has 16 heteroatoms. The number of carbonyl (C=O) groups excluding carboxylic acids is 1. The predicted octanol–water partition coefficient (Wildman–Crippen LogP) is 2.12. The number of amides is 1. The first-order valence-electron chi connectivity index (χ1n) is 8.61. The molecule has 0 aliphatic heterocycles. The van der Waals surface area contributed by atoms with E-state index in [9.17, 15) is 22.8 Å². The van der Waals surface area contributed by atoms with Gasteiger partial charge in [0.05, 0.1) is 22.9 Å². The number of thiazole rings is 1. The Morgan fingerprint density at radius 3 is 2.78 bits per heavy atom. The topological polar surface area (TPSA) is 172 Å². The number of benzene rings is 1. The normalized spacial score (nSPS) is 12.1. The number of aryl methyl sites for hydroxylation is 1. The van der Waals surface area contributed by atoms with Crippen molar-refractivity contribution in [2.75, 3.05) is 5.32 Å². The summed E-state index contributed by atoms with van der Waals surface area (Å²) in [4.78, 5) is 19.2. The van der Waals surface area contributed by atoms with Gasteiger partial charge in [0.25, 0.3) is 10.0 Å². The van der Waals surface area contributed by atoms with Crippen molar-refractivity contribution < 1.29 is 27.4 Å². The Morgan fingerprint density at radius 2 is 2.12 bits per heavy atom. The monoisotopic (exact) mass is 503 g/mol. The van der Waals surface area contributed by atoms with E-state index < -0.39 is 15.8 Å². The van der Waals surface area contributed by atoms with Crippen molar-refractivity contribution in [3.05, 3.63) is 46.1 Å². The number of rotatable bonds is 7. The van der Waals surface area contributed by atoms with Crippen LogP contribution >= 0.6 is 22.9 Å². The Morgan fingerprint density at radius 1 is 1.38 bits per heavy atom. The van der Waals surface area contributed by atoms with Gasteiger partial charge >= 0.3 is 0 Å². The number of carbonyl (C=O) groups is 1. The van der Waals surface area contributed by atoms with Gasteiger partial charge in [-0.3, -0.25) is 15.5 Å². The quantitative estimate of drug-likeness (QED) is 0.214. The highest BCUT2D eigenvalue weighted by molar-refractivity contribution is 7.91. The minimum atomic E-state index is -4.04. The van der Waals surface area contributed by atoms with Crippen LogP contribution in [0, 0.1) is 12.7 Å². The average Bonchev–Trinajstić information content (AvgIpc) is 3.33. The van der Waals surface area contributed by atoms with Crippen molar-refractivity contribution >= 4 is 55.5 Å². The maximum atomic E-state index is 13.3. The minimum absolute atomic E-state index is 0.00802. The van der Waals surface area contributed by atoms with E-state index in [0.29, 0.717) is 0 Å². The standard InChI is InChI=1S/C16H15ClFN7O5S2/c1-7-15(31-16(20-7)21-8(2)26)32(28,29)19-6-12-13(25-30-24-12)14(23-27)22-9-3-4-11(18)10(17)5-9/h3-5,19,27H,6H2,1-2H3,(H,22,23)(H,20,21,26). The molecule has 0 aliphatic rings. The van der Waals surface area contributed by atoms with E-state index in [4.69, 9.17) is 11.6 Å². The molecule has 1 aromatic carbocycles. The molecule has 0 bridgehead atoms. The van der Waals surface area contributed by atoms with Gasteiger partial charge in [-0.1, -0.05) is 28.1 Å². The first-order valence-corrected chi connectivity index (χ1v) is 11.3. The first-order chi connectivity index (χ1) is 15.1. The molecule has 1 amide bonds. The Hall–Kier alpha value is -2.98. The van der Waals surface area contributed by atoms with Crippen LogP contribution in [0.1, 0.15) is 24.0 Å². The Kier molecular flexibility index (Phi) is 7.15. The fourth-order valence-electron chi connectivity index (χ4n) is 2.38. The van der Waals surface area contributed by atoms with Gasteiger partial charge in [-0.15, -0.1) is 0 Å². The SMILES string of the molecule is CC(=O)Nc1nc(C)c(S(=O)(=O)NCc2nonc2C(=Nc2ccc(F)c(Cl)c2)NO)s1. The number of aromatic nitrogens is 3. The summed E-state index contributed by atoms with van der Waals surface area (Å²) in [6.07, 6.45) is 0. The van der Waals surface area contributed by atoms with E-state index in [0.717, 1.165) is 17.4 Å². The van der Waals surface area contributed by atoms with E-state index in [1.807, 2.05) is 5.48 Å². The Bertz CT molecular complexity index is 1290. The maximum Gasteiger partial charge on any atom is 0.252 e. The van der Waals surface area contributed by atoms with Gasteiger partial charge in [-0.05, 0) is 30.3 Å². The Balaban J connectivity index is 1.82. The van der Waals surface area contributed by atoms with E-state index in [-0.39, 0.29) is 55.4 Å². The minimum Gasteiger partial charge on any atom is -0.302 e. The molecule has 0 aliphatic carbocycles. The third-order valence-electron chi connectivity index (χ3n) is 3.74. The molecule has 2 aromatic heterocycles. The average molecular weight is 504 g/mol. The fourth-order valence-corrected chi connectivity index (χ4v) is 5.05. The highest BCUT2D eigenvalue weighted by Gasteiger charge is 2.24. The lowest BCUT2D eigenvalue weighted by Gasteiger charge is -2.06. The van der Waals surface area contributed by atoms with E-state index in [1.54, 1.807) is 0 Å². The molecule has 0 fully saturated rings. The van der Waals surface area contributed by atoms with Crippen LogP contribution < -0.4 is 15.5 Å². The lowest BCUT2D eigenvalue weighted by molar-refractivity contribution is -0.114. The molecule has 3 aromatic rings. The summed E-state index contributed by atoms with van der Waals surface area (Å²) in [7, 11) is -4.04. The first kappa shape index (κ1) is 23.7. The predicted molar refractivity (Wildman–Crippen MR) is 112 cm³/mol. The molecule has 0 atom stereocenters. The van der Waals surface area contributed by atoms with Crippen LogP contribution in [0.4, 0.5) is 15.2 Å². The molecule has 32 heavy (non-hydrogen) atoms. The van der Waals surface area contributed by atoms with Crippen LogP contribution in [0.5, 0.6) is 0 Å². The highest BCUT2D eigenvalue weighted by Crippen LogP contribution is 2.27. The van der Waals surface area contributed by atoms with Crippen LogP contribution in [0.3, 0.4) is 0 Å². The highest BCUT2D eigenvalue weighted by atomic mass is 35.5. The second-order valence-corrected chi connectivity index (χ2v) is 9.50. The van der Waals surface area contributed by atoms with Gasteiger partial charge in [0.1, 0.15) is 11.5 Å². The van der Waals surface area contributed by atoms with Crippen molar-refractivity contribution in [3.8, 4) is 0 Å². The number of aliphatic imine (C=N–C) groups is 1. The zero-order valence-electron chi connectivity index (χ0n) is 16.4. The van der Waals surface area contributed by atoms with Crippen molar-refractivity contribution in [3.63, 3.8) is 0 Å². The molecule has 170 valence electrons. The zero-order chi connectivity index (χ0) is 23.5. The van der Waals surface area contributed by atoms with Gasteiger partial charge in [0, 0.05) is 6.92 Å². The van der Waals surface area contributed by atoms with Gasteiger partial charge in [0.2, 0.25) is 5.91 Å². The number of anilines is 1. The summed E-state index contributed by atoms with van der Waals surface area (Å²) < 4.78 is 45.5. The lowest BCUT2D eigenvalue weighted by atomic mass is 10.3. The molecule has 12 nitrogen and oxygen atoms in total. The summed E-state index contributed by atoms with van der Waals surface area (Å²) >= 11 is 6.50. The number of amidine groups is 1. The van der Waals surface area contributed by atoms with Gasteiger partial charge < -0.3 is 5.32 Å². The molecular weight excluding hydrogens is 489 g/mol. The molecule has 3 rings (SSSR count). The molecule has 0 unspecified atom stereocenters. The number of hydroxylamine groups is 1. The van der Waals surface area contributed by atoms with Crippen LogP contribution in [0.2, 0.25) is 5.02 Å². The van der Waals surface area contributed by atoms with Gasteiger partial charge in [-0.2, -0.15) is 0 Å². The molecule has 0 saturated heterocycles. The fraction of sp³-hybridized carbons (Fsp3) is 0.188. The van der Waals surface area contributed by atoms with Crippen LogP contribution in [-0.2, 0) is 21.4 Å². The van der Waals surface area contributed by atoms with Crippen molar-refractivity contribution in [2.24, 2.45) is 4.99 Å². The number of hydrogen-bond donors (Lipinski definition) is 4. The number of sulfonamides is 1. The summed E-state index contributed by atoms with van der Waals surface area (Å²) in [5.74, 6) is -1.29. The Labute approximate surface area is 189 Å². The van der Waals surface area contributed by atoms with E-state index >= 15 is 0 Å². The van der Waals surface area contributed by atoms with Crippen molar-refractivity contribution in [1.82, 2.24) is 25.5 Å². The summed E-state index contributed by atoms with van der Waals surface area (Å²) in [6.45, 7) is 2.38. The summed E-state index contributed by atoms with van der Waals surface area (Å²) in [5, 5.41) is 19.1. The summed E-state index contributed by atoms with van der Waals surface area (Å²) in [5.41, 5.74) is 2.07. The smallest absolute Gasteiger partial charge is 0.252 e. The molecule has 2 heterocycles. The zero-order valence-corrected chi connectivity index (χ0v) is 18.8. The van der Waals surface area contributed by atoms with Gasteiger partial charge in [-0.25, -0.2) is 32.1 Å². The third kappa shape index (κ3) is 5.43. The summed E-state index contributed by atoms with van der Waals surface area (Å²) in [6, 6.07) is 3.59. The van der Waals surface area contributed by atoms with Crippen molar-refractivity contribution in [2.45, 2.75) is 24.6 Å². The second kappa shape index (κ2) is 9.66. The van der Waals surface area contributed by atoms with Crippen LogP contribution in [0.15, 0.2) is 32.0 Å². The number of nitrogens with zero attached hydrogens (tertiary/aromatic N) is 4. The molecule has 0 saturated carbocycles. The van der Waals surface area contributed by atoms with Crippen molar-refractivity contribution in [1.29, 1.82) is 0 Å². The largest absolute Gasteiger partial charge is 0.302 e. The van der Waals surface area contributed by atoms with E-state index in [1.165, 1.54) is 26.0 Å². The molecule has 4 N–H and O–H groups in total. The van der Waals surface area contributed by atoms with E-state index in [2.05, 4.69) is 35.0 Å². The second-order valence-electron chi connectivity index (χ2n) is 6.13. The molecule has 0 radical (unpaired) electrons. The maximum absolute atomic E-state index is 13.3. The number of halogens is 2. The molecular formula is C16H15ClFN7O5S2. The lowest BCUT2D eigenvalue weighted by Crippen LogP contribution is -2.27. The third-order valence-corrected chi connectivity index (χ3v) is 7.11. The van der Waals surface area contributed by atoms with Gasteiger partial charge in [0.15, 0.2) is 20.9 Å². The van der Waals surface area contributed by atoms with Crippen LogP contribution in [0.25, 0.3) is 0 Å². The van der Waals surface area contributed by atoms with Crippen LogP contribution in [-0.4, -0.2) is 40.7 Å². The number of hydrogen-bond acceptors (Lipinski definition) is 10. The molecule has 0 spiro atoms.